The van der Waals surface area contributed by atoms with Crippen LogP contribution in [0.2, 0.25) is 0 Å². The molecule has 90 valence electrons. The molecule has 1 rings (SSSR count). The SMILES string of the molecule is Cl.NC(Cc1ccc(F)cc1)C(O)C(=O)O. The van der Waals surface area contributed by atoms with Crippen LogP contribution in [-0.2, 0) is 11.2 Å². The Bertz CT molecular complexity index is 344. The van der Waals surface area contributed by atoms with Crippen molar-refractivity contribution in [3.8, 4) is 0 Å². The Morgan fingerprint density at radius 3 is 2.31 bits per heavy atom. The fraction of sp³-hybridized carbons (Fsp3) is 0.300. The first kappa shape index (κ1) is 14.8. The van der Waals surface area contributed by atoms with Crippen molar-refractivity contribution < 1.29 is 19.4 Å². The molecule has 0 fully saturated rings. The van der Waals surface area contributed by atoms with Crippen LogP contribution in [-0.4, -0.2) is 28.3 Å². The number of carboxylic acids is 1. The number of benzene rings is 1. The number of hydrogen-bond acceptors (Lipinski definition) is 3. The fourth-order valence-electron chi connectivity index (χ4n) is 1.19. The maximum Gasteiger partial charge on any atom is 0.334 e. The van der Waals surface area contributed by atoms with Crippen LogP contribution >= 0.6 is 12.4 Å². The molecule has 0 aromatic heterocycles. The van der Waals surface area contributed by atoms with Crippen molar-refractivity contribution in [1.29, 1.82) is 0 Å². The molecule has 0 heterocycles. The molecule has 0 bridgehead atoms. The molecule has 16 heavy (non-hydrogen) atoms. The van der Waals surface area contributed by atoms with Gasteiger partial charge in [0.25, 0.3) is 0 Å². The number of aliphatic hydroxyl groups is 1. The van der Waals surface area contributed by atoms with Crippen LogP contribution in [0.25, 0.3) is 0 Å². The van der Waals surface area contributed by atoms with Gasteiger partial charge in [0.2, 0.25) is 0 Å². The maximum atomic E-state index is 12.5. The zero-order valence-corrected chi connectivity index (χ0v) is 9.15. The molecule has 1 aromatic rings. The number of carbonyl (C=O) groups is 1. The minimum Gasteiger partial charge on any atom is -0.479 e. The van der Waals surface area contributed by atoms with Crippen molar-refractivity contribution in [2.75, 3.05) is 0 Å². The lowest BCUT2D eigenvalue weighted by Crippen LogP contribution is -2.41. The zero-order chi connectivity index (χ0) is 11.4. The van der Waals surface area contributed by atoms with Crippen LogP contribution < -0.4 is 5.73 Å². The monoisotopic (exact) mass is 249 g/mol. The molecule has 2 unspecified atom stereocenters. The van der Waals surface area contributed by atoms with Gasteiger partial charge in [-0.1, -0.05) is 12.1 Å². The molecular weight excluding hydrogens is 237 g/mol. The van der Waals surface area contributed by atoms with E-state index >= 15 is 0 Å². The molecule has 1 aromatic carbocycles. The Kier molecular flexibility index (Phi) is 5.95. The van der Waals surface area contributed by atoms with E-state index in [4.69, 9.17) is 15.9 Å². The molecule has 0 amide bonds. The quantitative estimate of drug-likeness (QED) is 0.728. The summed E-state index contributed by atoms with van der Waals surface area (Å²) in [4.78, 5) is 10.4. The maximum absolute atomic E-state index is 12.5. The van der Waals surface area contributed by atoms with E-state index in [1.807, 2.05) is 0 Å². The van der Waals surface area contributed by atoms with Crippen molar-refractivity contribution in [3.63, 3.8) is 0 Å². The Morgan fingerprint density at radius 2 is 1.88 bits per heavy atom. The first-order valence-electron chi connectivity index (χ1n) is 4.41. The molecule has 4 N–H and O–H groups in total. The Hall–Kier alpha value is -1.17. The average Bonchev–Trinajstić information content (AvgIpc) is 2.20. The molecule has 0 spiro atoms. The smallest absolute Gasteiger partial charge is 0.334 e. The first-order chi connectivity index (χ1) is 7.00. The summed E-state index contributed by atoms with van der Waals surface area (Å²) in [5.74, 6) is -1.73. The highest BCUT2D eigenvalue weighted by atomic mass is 35.5. The molecule has 2 atom stereocenters. The van der Waals surface area contributed by atoms with Crippen LogP contribution in [0.5, 0.6) is 0 Å². The van der Waals surface area contributed by atoms with E-state index in [-0.39, 0.29) is 24.6 Å². The van der Waals surface area contributed by atoms with Crippen molar-refractivity contribution in [1.82, 2.24) is 0 Å². The lowest BCUT2D eigenvalue weighted by atomic mass is 10.0. The van der Waals surface area contributed by atoms with E-state index in [0.717, 1.165) is 0 Å². The average molecular weight is 250 g/mol. The van der Waals surface area contributed by atoms with Gasteiger partial charge in [0, 0.05) is 6.04 Å². The number of nitrogens with two attached hydrogens (primary N) is 1. The van der Waals surface area contributed by atoms with Gasteiger partial charge < -0.3 is 15.9 Å². The number of aliphatic carboxylic acids is 1. The van der Waals surface area contributed by atoms with E-state index in [1.165, 1.54) is 24.3 Å². The summed E-state index contributed by atoms with van der Waals surface area (Å²) >= 11 is 0. The molecular formula is C10H13ClFNO3. The summed E-state index contributed by atoms with van der Waals surface area (Å²) in [6.45, 7) is 0. The number of hydrogen-bond donors (Lipinski definition) is 3. The topological polar surface area (TPSA) is 83.5 Å². The van der Waals surface area contributed by atoms with Gasteiger partial charge in [0.15, 0.2) is 6.10 Å². The van der Waals surface area contributed by atoms with Crippen LogP contribution in [0.1, 0.15) is 5.56 Å². The molecule has 0 saturated carbocycles. The second-order valence-corrected chi connectivity index (χ2v) is 3.28. The van der Waals surface area contributed by atoms with E-state index in [0.29, 0.717) is 5.56 Å². The standard InChI is InChI=1S/C10H12FNO3.ClH/c11-7-3-1-6(2-4-7)5-8(12)9(13)10(14)15;/h1-4,8-9,13H,5,12H2,(H,14,15);1H. The Labute approximate surface area is 98.3 Å². The van der Waals surface area contributed by atoms with Gasteiger partial charge in [-0.15, -0.1) is 12.4 Å². The van der Waals surface area contributed by atoms with Gasteiger partial charge in [0.1, 0.15) is 5.82 Å². The van der Waals surface area contributed by atoms with Crippen molar-refractivity contribution in [2.45, 2.75) is 18.6 Å². The predicted molar refractivity (Wildman–Crippen MR) is 59.0 cm³/mol. The molecule has 4 nitrogen and oxygen atoms in total. The second-order valence-electron chi connectivity index (χ2n) is 3.28. The number of aliphatic hydroxyl groups excluding tert-OH is 1. The lowest BCUT2D eigenvalue weighted by Gasteiger charge is -2.14. The van der Waals surface area contributed by atoms with Crippen molar-refractivity contribution in [2.24, 2.45) is 5.73 Å². The normalized spacial score (nSPS) is 13.7. The zero-order valence-electron chi connectivity index (χ0n) is 8.34. The largest absolute Gasteiger partial charge is 0.479 e. The van der Waals surface area contributed by atoms with E-state index in [2.05, 4.69) is 0 Å². The number of halogens is 2. The van der Waals surface area contributed by atoms with Crippen LogP contribution in [0.3, 0.4) is 0 Å². The Morgan fingerprint density at radius 1 is 1.38 bits per heavy atom. The summed E-state index contributed by atoms with van der Waals surface area (Å²) in [6.07, 6.45) is -1.41. The number of rotatable bonds is 4. The van der Waals surface area contributed by atoms with Gasteiger partial charge in [-0.3, -0.25) is 0 Å². The van der Waals surface area contributed by atoms with E-state index < -0.39 is 18.1 Å². The third kappa shape index (κ3) is 4.14. The highest BCUT2D eigenvalue weighted by molar-refractivity contribution is 5.85. The summed E-state index contributed by atoms with van der Waals surface area (Å²) in [5.41, 5.74) is 6.15. The van der Waals surface area contributed by atoms with Gasteiger partial charge in [0.05, 0.1) is 0 Å². The first-order valence-corrected chi connectivity index (χ1v) is 4.41. The third-order valence-corrected chi connectivity index (χ3v) is 2.04. The minimum atomic E-state index is -1.60. The molecule has 0 aliphatic rings. The highest BCUT2D eigenvalue weighted by Gasteiger charge is 2.21. The van der Waals surface area contributed by atoms with Crippen LogP contribution in [0.15, 0.2) is 24.3 Å². The van der Waals surface area contributed by atoms with E-state index in [1.54, 1.807) is 0 Å². The van der Waals surface area contributed by atoms with Gasteiger partial charge >= 0.3 is 5.97 Å². The molecule has 0 saturated heterocycles. The minimum absolute atomic E-state index is 0. The van der Waals surface area contributed by atoms with Gasteiger partial charge in [-0.25, -0.2) is 9.18 Å². The van der Waals surface area contributed by atoms with E-state index in [9.17, 15) is 9.18 Å². The highest BCUT2D eigenvalue weighted by Crippen LogP contribution is 2.06. The summed E-state index contributed by atoms with van der Waals surface area (Å²) in [7, 11) is 0. The molecule has 0 aliphatic heterocycles. The number of carboxylic acid groups (broad SMARTS) is 1. The summed E-state index contributed by atoms with van der Waals surface area (Å²) < 4.78 is 12.5. The second kappa shape index (κ2) is 6.42. The van der Waals surface area contributed by atoms with Crippen molar-refractivity contribution in [3.05, 3.63) is 35.6 Å². The third-order valence-electron chi connectivity index (χ3n) is 2.04. The summed E-state index contributed by atoms with van der Waals surface area (Å²) in [6, 6.07) is 4.63. The molecule has 0 aliphatic carbocycles. The molecule has 6 heteroatoms. The predicted octanol–water partition coefficient (Wildman–Crippen LogP) is 0.563. The van der Waals surface area contributed by atoms with Crippen LogP contribution in [0.4, 0.5) is 4.39 Å². The Balaban J connectivity index is 0.00000225. The summed E-state index contributed by atoms with van der Waals surface area (Å²) in [5, 5.41) is 17.6. The fourth-order valence-corrected chi connectivity index (χ4v) is 1.19. The van der Waals surface area contributed by atoms with Crippen LogP contribution in [0, 0.1) is 5.82 Å². The lowest BCUT2D eigenvalue weighted by molar-refractivity contribution is -0.147. The van der Waals surface area contributed by atoms with Gasteiger partial charge in [-0.05, 0) is 24.1 Å². The van der Waals surface area contributed by atoms with Crippen molar-refractivity contribution >= 4 is 18.4 Å². The molecule has 0 radical (unpaired) electrons. The van der Waals surface area contributed by atoms with Gasteiger partial charge in [-0.2, -0.15) is 0 Å².